The highest BCUT2D eigenvalue weighted by Gasteiger charge is 2.07. The highest BCUT2D eigenvalue weighted by molar-refractivity contribution is 5.83. The topological polar surface area (TPSA) is 84.3 Å². The van der Waals surface area contributed by atoms with Crippen molar-refractivity contribution < 1.29 is 14.6 Å². The Hall–Kier alpha value is -2.63. The molecule has 0 aliphatic heterocycles. The molecule has 0 spiro atoms. The van der Waals surface area contributed by atoms with Crippen LogP contribution in [0.25, 0.3) is 0 Å². The first-order chi connectivity index (χ1) is 9.20. The third-order valence-electron chi connectivity index (χ3n) is 2.50. The summed E-state index contributed by atoms with van der Waals surface area (Å²) >= 11 is 0. The normalized spacial score (nSPS) is 9.95. The Labute approximate surface area is 110 Å². The summed E-state index contributed by atoms with van der Waals surface area (Å²) in [4.78, 5) is 18.3. The number of methoxy groups -OCH3 is 1. The van der Waals surface area contributed by atoms with Gasteiger partial charge in [0.2, 0.25) is 5.82 Å². The van der Waals surface area contributed by atoms with Crippen LogP contribution < -0.4 is 10.1 Å². The lowest BCUT2D eigenvalue weighted by atomic mass is 10.2. The van der Waals surface area contributed by atoms with Crippen LogP contribution in [0.1, 0.15) is 16.2 Å². The van der Waals surface area contributed by atoms with Crippen LogP contribution in [0.3, 0.4) is 0 Å². The number of aromatic nitrogens is 2. The van der Waals surface area contributed by atoms with Crippen molar-refractivity contribution in [2.75, 3.05) is 12.4 Å². The molecule has 0 bridgehead atoms. The molecule has 0 radical (unpaired) electrons. The highest BCUT2D eigenvalue weighted by Crippen LogP contribution is 2.18. The van der Waals surface area contributed by atoms with Gasteiger partial charge in [-0.3, -0.25) is 0 Å². The summed E-state index contributed by atoms with van der Waals surface area (Å²) in [6.45, 7) is 0.486. The summed E-state index contributed by atoms with van der Waals surface area (Å²) in [7, 11) is 1.60. The van der Waals surface area contributed by atoms with Gasteiger partial charge in [-0.1, -0.05) is 18.2 Å². The maximum atomic E-state index is 10.8. The van der Waals surface area contributed by atoms with Crippen LogP contribution in [0.5, 0.6) is 5.75 Å². The van der Waals surface area contributed by atoms with Crippen molar-refractivity contribution in [3.63, 3.8) is 0 Å². The average molecular weight is 259 g/mol. The maximum Gasteiger partial charge on any atom is 0.374 e. The number of ether oxygens (including phenoxy) is 1. The Bertz CT molecular complexity index is 587. The molecule has 0 aliphatic carbocycles. The van der Waals surface area contributed by atoms with Crippen molar-refractivity contribution in [2.45, 2.75) is 6.54 Å². The van der Waals surface area contributed by atoms with Crippen LogP contribution in [-0.4, -0.2) is 28.2 Å². The van der Waals surface area contributed by atoms with Gasteiger partial charge in [0.1, 0.15) is 11.6 Å². The second-order valence-electron chi connectivity index (χ2n) is 3.74. The van der Waals surface area contributed by atoms with E-state index in [1.54, 1.807) is 13.2 Å². The van der Waals surface area contributed by atoms with Gasteiger partial charge in [0, 0.05) is 18.3 Å². The van der Waals surface area contributed by atoms with Gasteiger partial charge in [0.05, 0.1) is 7.11 Å². The number of hydrogen-bond acceptors (Lipinski definition) is 5. The third kappa shape index (κ3) is 3.19. The van der Waals surface area contributed by atoms with E-state index in [9.17, 15) is 4.79 Å². The fraction of sp³-hybridized carbons (Fsp3) is 0.154. The number of carbonyl (C=O) groups is 1. The first-order valence-corrected chi connectivity index (χ1v) is 5.63. The summed E-state index contributed by atoms with van der Waals surface area (Å²) in [5.74, 6) is -0.160. The molecule has 98 valence electrons. The quantitative estimate of drug-likeness (QED) is 0.851. The minimum absolute atomic E-state index is 0.231. The lowest BCUT2D eigenvalue weighted by molar-refractivity contribution is 0.0683. The van der Waals surface area contributed by atoms with Gasteiger partial charge in [-0.25, -0.2) is 14.8 Å². The number of aromatic carboxylic acids is 1. The Morgan fingerprint density at radius 1 is 1.37 bits per heavy atom. The lowest BCUT2D eigenvalue weighted by Gasteiger charge is -2.09. The number of carboxylic acids is 1. The second-order valence-corrected chi connectivity index (χ2v) is 3.74. The number of para-hydroxylation sites is 1. The van der Waals surface area contributed by atoms with Crippen molar-refractivity contribution in [3.05, 3.63) is 47.9 Å². The lowest BCUT2D eigenvalue weighted by Crippen LogP contribution is -2.08. The molecule has 0 fully saturated rings. The molecule has 0 aliphatic rings. The molecule has 6 heteroatoms. The van der Waals surface area contributed by atoms with Gasteiger partial charge < -0.3 is 15.2 Å². The minimum Gasteiger partial charge on any atom is -0.496 e. The van der Waals surface area contributed by atoms with E-state index < -0.39 is 5.97 Å². The molecule has 1 aromatic heterocycles. The van der Waals surface area contributed by atoms with Gasteiger partial charge in [0.25, 0.3) is 0 Å². The number of carboxylic acid groups (broad SMARTS) is 1. The zero-order valence-corrected chi connectivity index (χ0v) is 10.3. The molecule has 0 saturated carbocycles. The second kappa shape index (κ2) is 5.81. The number of rotatable bonds is 5. The molecule has 2 rings (SSSR count). The summed E-state index contributed by atoms with van der Waals surface area (Å²) < 4.78 is 5.23. The molecule has 6 nitrogen and oxygen atoms in total. The zero-order chi connectivity index (χ0) is 13.7. The monoisotopic (exact) mass is 259 g/mol. The SMILES string of the molecule is COc1ccccc1CNc1ccnc(C(=O)O)n1. The smallest absolute Gasteiger partial charge is 0.374 e. The van der Waals surface area contributed by atoms with E-state index in [2.05, 4.69) is 15.3 Å². The minimum atomic E-state index is -1.15. The van der Waals surface area contributed by atoms with E-state index in [0.29, 0.717) is 12.4 Å². The van der Waals surface area contributed by atoms with E-state index in [4.69, 9.17) is 9.84 Å². The Balaban J connectivity index is 2.10. The van der Waals surface area contributed by atoms with E-state index in [-0.39, 0.29) is 5.82 Å². The molecule has 0 atom stereocenters. The van der Waals surface area contributed by atoms with Gasteiger partial charge in [-0.2, -0.15) is 0 Å². The number of hydrogen-bond donors (Lipinski definition) is 2. The molecule has 2 N–H and O–H groups in total. The molecule has 0 amide bonds. The average Bonchev–Trinajstić information content (AvgIpc) is 2.45. The molecule has 0 unspecified atom stereocenters. The van der Waals surface area contributed by atoms with Crippen LogP contribution in [0.15, 0.2) is 36.5 Å². The highest BCUT2D eigenvalue weighted by atomic mass is 16.5. The van der Waals surface area contributed by atoms with Gasteiger partial charge >= 0.3 is 5.97 Å². The third-order valence-corrected chi connectivity index (χ3v) is 2.50. The van der Waals surface area contributed by atoms with E-state index in [1.165, 1.54) is 6.20 Å². The van der Waals surface area contributed by atoms with Gasteiger partial charge in [-0.05, 0) is 12.1 Å². The first kappa shape index (κ1) is 12.8. The predicted molar refractivity (Wildman–Crippen MR) is 69.3 cm³/mol. The van der Waals surface area contributed by atoms with Crippen molar-refractivity contribution >= 4 is 11.8 Å². The van der Waals surface area contributed by atoms with Crippen LogP contribution in [0, 0.1) is 0 Å². The predicted octanol–water partition coefficient (Wildman–Crippen LogP) is 1.80. The summed E-state index contributed by atoms with van der Waals surface area (Å²) in [6, 6.07) is 9.18. The molecule has 19 heavy (non-hydrogen) atoms. The fourth-order valence-electron chi connectivity index (χ4n) is 1.59. The van der Waals surface area contributed by atoms with E-state index in [1.807, 2.05) is 24.3 Å². The molecule has 0 saturated heterocycles. The van der Waals surface area contributed by atoms with Crippen LogP contribution in [-0.2, 0) is 6.54 Å². The Morgan fingerprint density at radius 2 is 2.16 bits per heavy atom. The van der Waals surface area contributed by atoms with Crippen molar-refractivity contribution in [2.24, 2.45) is 0 Å². The number of nitrogens with one attached hydrogen (secondary N) is 1. The maximum absolute atomic E-state index is 10.8. The van der Waals surface area contributed by atoms with Crippen molar-refractivity contribution in [1.29, 1.82) is 0 Å². The standard InChI is InChI=1S/C13H13N3O3/c1-19-10-5-3-2-4-9(10)8-15-11-6-7-14-12(16-11)13(17)18/h2-7H,8H2,1H3,(H,17,18)(H,14,15,16). The molecule has 1 heterocycles. The van der Waals surface area contributed by atoms with Gasteiger partial charge in [-0.15, -0.1) is 0 Å². The molecule has 1 aromatic carbocycles. The summed E-state index contributed by atoms with van der Waals surface area (Å²) in [5, 5.41) is 11.8. The number of nitrogens with zero attached hydrogens (tertiary/aromatic N) is 2. The zero-order valence-electron chi connectivity index (χ0n) is 10.3. The van der Waals surface area contributed by atoms with Crippen LogP contribution in [0.4, 0.5) is 5.82 Å². The number of anilines is 1. The largest absolute Gasteiger partial charge is 0.496 e. The molecule has 2 aromatic rings. The fourth-order valence-corrected chi connectivity index (χ4v) is 1.59. The first-order valence-electron chi connectivity index (χ1n) is 5.63. The van der Waals surface area contributed by atoms with Gasteiger partial charge in [0.15, 0.2) is 0 Å². The van der Waals surface area contributed by atoms with Crippen molar-refractivity contribution in [1.82, 2.24) is 9.97 Å². The van der Waals surface area contributed by atoms with E-state index >= 15 is 0 Å². The van der Waals surface area contributed by atoms with E-state index in [0.717, 1.165) is 11.3 Å². The van der Waals surface area contributed by atoms with Crippen molar-refractivity contribution in [3.8, 4) is 5.75 Å². The molecular weight excluding hydrogens is 246 g/mol. The van der Waals surface area contributed by atoms with Crippen LogP contribution in [0.2, 0.25) is 0 Å². The Morgan fingerprint density at radius 3 is 2.89 bits per heavy atom. The molecular formula is C13H13N3O3. The van der Waals surface area contributed by atoms with Crippen LogP contribution >= 0.6 is 0 Å². The summed E-state index contributed by atoms with van der Waals surface area (Å²) in [6.07, 6.45) is 1.40. The Kier molecular flexibility index (Phi) is 3.92. The number of benzene rings is 1. The summed E-state index contributed by atoms with van der Waals surface area (Å²) in [5.41, 5.74) is 0.959.